The minimum atomic E-state index is -0.587. The lowest BCUT2D eigenvalue weighted by Crippen LogP contribution is -2.26. The quantitative estimate of drug-likeness (QED) is 0.870. The summed E-state index contributed by atoms with van der Waals surface area (Å²) in [6.07, 6.45) is 0. The highest BCUT2D eigenvalue weighted by Crippen LogP contribution is 2.21. The van der Waals surface area contributed by atoms with E-state index in [0.29, 0.717) is 11.3 Å². The van der Waals surface area contributed by atoms with Gasteiger partial charge in [0.15, 0.2) is 11.6 Å². The van der Waals surface area contributed by atoms with Crippen LogP contribution in [0.3, 0.4) is 0 Å². The summed E-state index contributed by atoms with van der Waals surface area (Å²) in [4.78, 5) is 13.7. The molecule has 2 aromatic carbocycles. The first-order chi connectivity index (χ1) is 10.1. The molecule has 0 aromatic heterocycles. The zero-order valence-electron chi connectivity index (χ0n) is 11.6. The van der Waals surface area contributed by atoms with Crippen molar-refractivity contribution in [2.24, 2.45) is 0 Å². The van der Waals surface area contributed by atoms with Crippen molar-refractivity contribution in [2.75, 3.05) is 19.1 Å². The average Bonchev–Trinajstić information content (AvgIpc) is 2.53. The van der Waals surface area contributed by atoms with Gasteiger partial charge in [-0.3, -0.25) is 4.79 Å². The lowest BCUT2D eigenvalue weighted by Gasteiger charge is -2.17. The molecule has 2 aromatic rings. The predicted molar refractivity (Wildman–Crippen MR) is 76.8 cm³/mol. The van der Waals surface area contributed by atoms with E-state index in [9.17, 15) is 9.18 Å². The topological polar surface area (TPSA) is 53.3 Å². The van der Waals surface area contributed by atoms with Crippen LogP contribution in [0, 0.1) is 17.1 Å². The molecule has 1 amide bonds. The largest absolute Gasteiger partial charge is 0.494 e. The third-order valence-corrected chi connectivity index (χ3v) is 3.09. The molecule has 0 atom stereocenters. The molecule has 0 N–H and O–H groups in total. The van der Waals surface area contributed by atoms with Crippen LogP contribution < -0.4 is 9.64 Å². The van der Waals surface area contributed by atoms with Gasteiger partial charge < -0.3 is 9.64 Å². The fourth-order valence-electron chi connectivity index (χ4n) is 1.87. The molecule has 0 aliphatic carbocycles. The monoisotopic (exact) mass is 284 g/mol. The average molecular weight is 284 g/mol. The van der Waals surface area contributed by atoms with E-state index >= 15 is 0 Å². The lowest BCUT2D eigenvalue weighted by atomic mass is 10.1. The van der Waals surface area contributed by atoms with E-state index in [1.165, 1.54) is 24.1 Å². The minimum absolute atomic E-state index is 0.0903. The van der Waals surface area contributed by atoms with E-state index in [2.05, 4.69) is 0 Å². The molecule has 0 fully saturated rings. The second-order valence-corrected chi connectivity index (χ2v) is 4.37. The molecular weight excluding hydrogens is 271 g/mol. The second-order valence-electron chi connectivity index (χ2n) is 4.37. The van der Waals surface area contributed by atoms with Crippen LogP contribution in [-0.2, 0) is 0 Å². The number of benzene rings is 2. The van der Waals surface area contributed by atoms with Crippen LogP contribution in [0.1, 0.15) is 15.9 Å². The van der Waals surface area contributed by atoms with Crippen LogP contribution in [0.5, 0.6) is 5.75 Å². The Labute approximate surface area is 122 Å². The van der Waals surface area contributed by atoms with Gasteiger partial charge in [-0.2, -0.15) is 5.26 Å². The van der Waals surface area contributed by atoms with Crippen molar-refractivity contribution in [3.05, 3.63) is 59.4 Å². The van der Waals surface area contributed by atoms with Crippen molar-refractivity contribution in [3.8, 4) is 11.8 Å². The number of ether oxygens (including phenoxy) is 1. The van der Waals surface area contributed by atoms with Crippen LogP contribution in [0.4, 0.5) is 10.1 Å². The van der Waals surface area contributed by atoms with Crippen molar-refractivity contribution in [1.82, 2.24) is 0 Å². The molecule has 0 heterocycles. The number of hydrogen-bond donors (Lipinski definition) is 0. The molecule has 106 valence electrons. The van der Waals surface area contributed by atoms with Crippen LogP contribution in [0.2, 0.25) is 0 Å². The zero-order valence-corrected chi connectivity index (χ0v) is 11.6. The number of anilines is 1. The van der Waals surface area contributed by atoms with Crippen molar-refractivity contribution in [3.63, 3.8) is 0 Å². The van der Waals surface area contributed by atoms with E-state index in [0.717, 1.165) is 6.07 Å². The molecule has 0 aliphatic heterocycles. The first-order valence-electron chi connectivity index (χ1n) is 6.18. The van der Waals surface area contributed by atoms with Gasteiger partial charge in [0.2, 0.25) is 0 Å². The molecule has 0 bridgehead atoms. The summed E-state index contributed by atoms with van der Waals surface area (Å²) in [6, 6.07) is 12.6. The number of nitriles is 1. The molecule has 0 aliphatic rings. The van der Waals surface area contributed by atoms with Crippen molar-refractivity contribution < 1.29 is 13.9 Å². The van der Waals surface area contributed by atoms with Crippen LogP contribution in [0.25, 0.3) is 0 Å². The normalized spacial score (nSPS) is 9.81. The third-order valence-electron chi connectivity index (χ3n) is 3.09. The Morgan fingerprint density at radius 2 is 1.90 bits per heavy atom. The molecule has 0 saturated carbocycles. The highest BCUT2D eigenvalue weighted by atomic mass is 19.1. The molecule has 2 rings (SSSR count). The maximum absolute atomic E-state index is 13.6. The Bertz CT molecular complexity index is 705. The molecule has 0 unspecified atom stereocenters. The van der Waals surface area contributed by atoms with Crippen LogP contribution >= 0.6 is 0 Å². The van der Waals surface area contributed by atoms with Crippen LogP contribution in [0.15, 0.2) is 42.5 Å². The maximum Gasteiger partial charge on any atom is 0.258 e. The molecule has 4 nitrogen and oxygen atoms in total. The third kappa shape index (κ3) is 3.00. The Morgan fingerprint density at radius 1 is 1.24 bits per heavy atom. The van der Waals surface area contributed by atoms with Gasteiger partial charge in [0.05, 0.1) is 18.7 Å². The van der Waals surface area contributed by atoms with E-state index in [4.69, 9.17) is 10.00 Å². The molecule has 0 saturated heterocycles. The standard InChI is InChI=1S/C16H13FN2O2/c1-19(13-6-3-11(10-18)4-7-13)16(20)12-5-8-15(21-2)14(17)9-12/h3-9H,1-2H3. The second kappa shape index (κ2) is 6.06. The van der Waals surface area contributed by atoms with Crippen molar-refractivity contribution in [2.45, 2.75) is 0 Å². The van der Waals surface area contributed by atoms with Crippen LogP contribution in [-0.4, -0.2) is 20.1 Å². The number of hydrogen-bond acceptors (Lipinski definition) is 3. The Balaban J connectivity index is 2.26. The summed E-state index contributed by atoms with van der Waals surface area (Å²) in [6.45, 7) is 0. The van der Waals surface area contributed by atoms with E-state index in [1.807, 2.05) is 6.07 Å². The molecule has 5 heteroatoms. The number of methoxy groups -OCH3 is 1. The summed E-state index contributed by atoms with van der Waals surface area (Å²) < 4.78 is 18.5. The van der Waals surface area contributed by atoms with Gasteiger partial charge in [0.1, 0.15) is 0 Å². The fraction of sp³-hybridized carbons (Fsp3) is 0.125. The van der Waals surface area contributed by atoms with E-state index < -0.39 is 5.82 Å². The summed E-state index contributed by atoms with van der Waals surface area (Å²) in [5.74, 6) is -0.842. The van der Waals surface area contributed by atoms with E-state index in [1.54, 1.807) is 31.3 Å². The maximum atomic E-state index is 13.6. The minimum Gasteiger partial charge on any atom is -0.494 e. The molecule has 0 spiro atoms. The number of rotatable bonds is 3. The fourth-order valence-corrected chi connectivity index (χ4v) is 1.87. The van der Waals surface area contributed by atoms with Crippen molar-refractivity contribution >= 4 is 11.6 Å². The predicted octanol–water partition coefficient (Wildman–Crippen LogP) is 2.98. The van der Waals surface area contributed by atoms with Gasteiger partial charge in [0, 0.05) is 18.3 Å². The highest BCUT2D eigenvalue weighted by Gasteiger charge is 2.15. The molecular formula is C16H13FN2O2. The Kier molecular flexibility index (Phi) is 4.19. The smallest absolute Gasteiger partial charge is 0.258 e. The number of halogens is 1. The van der Waals surface area contributed by atoms with E-state index in [-0.39, 0.29) is 17.2 Å². The number of amides is 1. The highest BCUT2D eigenvalue weighted by molar-refractivity contribution is 6.05. The first-order valence-corrected chi connectivity index (χ1v) is 6.18. The van der Waals surface area contributed by atoms with Gasteiger partial charge in [-0.25, -0.2) is 4.39 Å². The summed E-state index contributed by atoms with van der Waals surface area (Å²) >= 11 is 0. The summed E-state index contributed by atoms with van der Waals surface area (Å²) in [5, 5.41) is 8.75. The van der Waals surface area contributed by atoms with Gasteiger partial charge >= 0.3 is 0 Å². The summed E-state index contributed by atoms with van der Waals surface area (Å²) in [5.41, 5.74) is 1.35. The van der Waals surface area contributed by atoms with Crippen molar-refractivity contribution in [1.29, 1.82) is 5.26 Å². The van der Waals surface area contributed by atoms with Gasteiger partial charge in [-0.15, -0.1) is 0 Å². The number of carbonyl (C=O) groups excluding carboxylic acids is 1. The Hall–Kier alpha value is -2.87. The zero-order chi connectivity index (χ0) is 15.4. The van der Waals surface area contributed by atoms with Gasteiger partial charge in [-0.1, -0.05) is 0 Å². The molecule has 0 radical (unpaired) electrons. The SMILES string of the molecule is COc1ccc(C(=O)N(C)c2ccc(C#N)cc2)cc1F. The van der Waals surface area contributed by atoms with Gasteiger partial charge in [0.25, 0.3) is 5.91 Å². The lowest BCUT2D eigenvalue weighted by molar-refractivity contribution is 0.0992. The summed E-state index contributed by atoms with van der Waals surface area (Å²) in [7, 11) is 2.95. The molecule has 21 heavy (non-hydrogen) atoms. The van der Waals surface area contributed by atoms with Gasteiger partial charge in [-0.05, 0) is 42.5 Å². The first kappa shape index (κ1) is 14.5. The number of carbonyl (C=O) groups is 1. The Morgan fingerprint density at radius 3 is 2.43 bits per heavy atom. The number of nitrogens with zero attached hydrogens (tertiary/aromatic N) is 2.